The molecule has 1 atom stereocenters. The molecule has 3 N–H and O–H groups in total. The van der Waals surface area contributed by atoms with Gasteiger partial charge < -0.3 is 11.1 Å². The van der Waals surface area contributed by atoms with Crippen LogP contribution in [0.5, 0.6) is 0 Å². The first-order chi connectivity index (χ1) is 10.2. The van der Waals surface area contributed by atoms with Crippen LogP contribution >= 0.6 is 0 Å². The second-order valence-electron chi connectivity index (χ2n) is 5.03. The molecule has 0 unspecified atom stereocenters. The largest absolute Gasteiger partial charge is 0.325 e. The molecule has 0 aliphatic heterocycles. The topological polar surface area (TPSA) is 85.8 Å². The highest BCUT2D eigenvalue weighted by Crippen LogP contribution is 2.12. The summed E-state index contributed by atoms with van der Waals surface area (Å²) in [7, 11) is 0. The minimum absolute atomic E-state index is 0.138. The smallest absolute Gasteiger partial charge is 0.241 e. The van der Waals surface area contributed by atoms with Crippen LogP contribution in [0.2, 0.25) is 0 Å². The number of anilines is 1. The third kappa shape index (κ3) is 4.68. The molecule has 112 valence electrons. The molecule has 1 heterocycles. The van der Waals surface area contributed by atoms with E-state index < -0.39 is 6.04 Å². The summed E-state index contributed by atoms with van der Waals surface area (Å²) in [5.74, 6) is -0.138. The van der Waals surface area contributed by atoms with E-state index in [0.717, 1.165) is 24.1 Å². The standard InChI is InChI=1S/C15H21N5O/c1-2-3-7-14(16)15(21)19-13-6-4-5-12(8-13)9-20-11-17-10-18-20/h4-6,8,10-11,14H,2-3,7,9,16H2,1H3,(H,19,21)/t14-/m0/s1. The number of hydrogen-bond acceptors (Lipinski definition) is 4. The number of nitrogens with zero attached hydrogens (tertiary/aromatic N) is 3. The predicted molar refractivity (Wildman–Crippen MR) is 81.7 cm³/mol. The normalized spacial score (nSPS) is 12.1. The van der Waals surface area contributed by atoms with Crippen LogP contribution in [-0.4, -0.2) is 26.7 Å². The van der Waals surface area contributed by atoms with E-state index in [2.05, 4.69) is 22.3 Å². The SMILES string of the molecule is CCCC[C@H](N)C(=O)Nc1cccc(Cn2cncn2)c1. The maximum absolute atomic E-state index is 12.0. The lowest BCUT2D eigenvalue weighted by Gasteiger charge is -2.12. The third-order valence-electron chi connectivity index (χ3n) is 3.21. The van der Waals surface area contributed by atoms with Gasteiger partial charge in [-0.1, -0.05) is 31.9 Å². The summed E-state index contributed by atoms with van der Waals surface area (Å²) in [5, 5.41) is 6.92. The van der Waals surface area contributed by atoms with Crippen LogP contribution in [0, 0.1) is 0 Å². The van der Waals surface area contributed by atoms with Crippen molar-refractivity contribution in [1.82, 2.24) is 14.8 Å². The van der Waals surface area contributed by atoms with Crippen LogP contribution in [0.15, 0.2) is 36.9 Å². The van der Waals surface area contributed by atoms with Crippen molar-refractivity contribution in [2.45, 2.75) is 38.8 Å². The molecule has 0 radical (unpaired) electrons. The van der Waals surface area contributed by atoms with Gasteiger partial charge in [0.05, 0.1) is 12.6 Å². The number of rotatable bonds is 7. The van der Waals surface area contributed by atoms with Crippen LogP contribution in [0.1, 0.15) is 31.7 Å². The van der Waals surface area contributed by atoms with Gasteiger partial charge in [-0.15, -0.1) is 0 Å². The summed E-state index contributed by atoms with van der Waals surface area (Å²) in [5.41, 5.74) is 7.66. The molecule has 1 amide bonds. The first-order valence-corrected chi connectivity index (χ1v) is 7.17. The second kappa shape index (κ2) is 7.54. The fourth-order valence-electron chi connectivity index (χ4n) is 2.04. The number of nitrogens with two attached hydrogens (primary N) is 1. The number of hydrogen-bond donors (Lipinski definition) is 2. The lowest BCUT2D eigenvalue weighted by atomic mass is 10.1. The molecule has 6 nitrogen and oxygen atoms in total. The Balaban J connectivity index is 1.96. The average Bonchev–Trinajstić information content (AvgIpc) is 2.98. The fraction of sp³-hybridized carbons (Fsp3) is 0.400. The molecule has 0 fully saturated rings. The first-order valence-electron chi connectivity index (χ1n) is 7.17. The highest BCUT2D eigenvalue weighted by Gasteiger charge is 2.12. The number of nitrogens with one attached hydrogen (secondary N) is 1. The van der Waals surface area contributed by atoms with E-state index in [1.54, 1.807) is 11.0 Å². The number of benzene rings is 1. The van der Waals surface area contributed by atoms with Gasteiger partial charge >= 0.3 is 0 Å². The zero-order chi connectivity index (χ0) is 15.1. The third-order valence-corrected chi connectivity index (χ3v) is 3.21. The quantitative estimate of drug-likeness (QED) is 0.813. The molecule has 2 aromatic rings. The predicted octanol–water partition coefficient (Wildman–Crippen LogP) is 1.78. The van der Waals surface area contributed by atoms with Crippen LogP contribution in [0.25, 0.3) is 0 Å². The molecule has 0 bridgehead atoms. The Kier molecular flexibility index (Phi) is 5.45. The molecule has 1 aromatic heterocycles. The maximum Gasteiger partial charge on any atom is 0.241 e. The Morgan fingerprint density at radius 1 is 1.48 bits per heavy atom. The Morgan fingerprint density at radius 2 is 2.33 bits per heavy atom. The van der Waals surface area contributed by atoms with E-state index >= 15 is 0 Å². The van der Waals surface area contributed by atoms with Gasteiger partial charge in [0.25, 0.3) is 0 Å². The summed E-state index contributed by atoms with van der Waals surface area (Å²) in [4.78, 5) is 15.9. The van der Waals surface area contributed by atoms with Crippen LogP contribution < -0.4 is 11.1 Å². The van der Waals surface area contributed by atoms with Crippen LogP contribution in [0.3, 0.4) is 0 Å². The lowest BCUT2D eigenvalue weighted by molar-refractivity contribution is -0.117. The van der Waals surface area contributed by atoms with Gasteiger partial charge in [-0.25, -0.2) is 9.67 Å². The molecule has 2 rings (SSSR count). The van der Waals surface area contributed by atoms with Crippen molar-refractivity contribution in [2.75, 3.05) is 5.32 Å². The van der Waals surface area contributed by atoms with Gasteiger partial charge in [0.1, 0.15) is 12.7 Å². The highest BCUT2D eigenvalue weighted by molar-refractivity contribution is 5.94. The van der Waals surface area contributed by atoms with Gasteiger partial charge in [0.15, 0.2) is 0 Å². The molecule has 6 heteroatoms. The van der Waals surface area contributed by atoms with Crippen molar-refractivity contribution in [3.63, 3.8) is 0 Å². The van der Waals surface area contributed by atoms with Crippen molar-refractivity contribution in [1.29, 1.82) is 0 Å². The second-order valence-corrected chi connectivity index (χ2v) is 5.03. The summed E-state index contributed by atoms with van der Waals surface area (Å²) in [6, 6.07) is 7.21. The van der Waals surface area contributed by atoms with E-state index in [0.29, 0.717) is 13.0 Å². The van der Waals surface area contributed by atoms with E-state index in [9.17, 15) is 4.79 Å². The van der Waals surface area contributed by atoms with Crippen molar-refractivity contribution in [2.24, 2.45) is 5.73 Å². The molecule has 0 spiro atoms. The summed E-state index contributed by atoms with van der Waals surface area (Å²) in [6.07, 6.45) is 5.86. The van der Waals surface area contributed by atoms with E-state index in [-0.39, 0.29) is 5.91 Å². The Morgan fingerprint density at radius 3 is 3.05 bits per heavy atom. The molecule has 1 aromatic carbocycles. The minimum atomic E-state index is -0.455. The lowest BCUT2D eigenvalue weighted by Crippen LogP contribution is -2.35. The average molecular weight is 287 g/mol. The van der Waals surface area contributed by atoms with Crippen molar-refractivity contribution in [3.05, 3.63) is 42.5 Å². The molecule has 0 aliphatic carbocycles. The molecular weight excluding hydrogens is 266 g/mol. The molecule has 0 saturated carbocycles. The molecular formula is C15H21N5O. The number of carbonyl (C=O) groups is 1. The van der Waals surface area contributed by atoms with Crippen molar-refractivity contribution in [3.8, 4) is 0 Å². The highest BCUT2D eigenvalue weighted by atomic mass is 16.2. The van der Waals surface area contributed by atoms with Crippen molar-refractivity contribution < 1.29 is 4.79 Å². The van der Waals surface area contributed by atoms with Gasteiger partial charge in [-0.2, -0.15) is 5.10 Å². The number of carbonyl (C=O) groups excluding carboxylic acids is 1. The zero-order valence-electron chi connectivity index (χ0n) is 12.2. The Bertz CT molecular complexity index is 567. The summed E-state index contributed by atoms with van der Waals surface area (Å²) >= 11 is 0. The maximum atomic E-state index is 12.0. The molecule has 0 saturated heterocycles. The number of amides is 1. The van der Waals surface area contributed by atoms with Gasteiger partial charge in [0, 0.05) is 5.69 Å². The van der Waals surface area contributed by atoms with E-state index in [1.807, 2.05) is 24.3 Å². The van der Waals surface area contributed by atoms with Crippen LogP contribution in [0.4, 0.5) is 5.69 Å². The summed E-state index contributed by atoms with van der Waals surface area (Å²) < 4.78 is 1.73. The molecule has 21 heavy (non-hydrogen) atoms. The van der Waals surface area contributed by atoms with Gasteiger partial charge in [-0.05, 0) is 24.1 Å². The Labute approximate surface area is 124 Å². The van der Waals surface area contributed by atoms with Gasteiger partial charge in [-0.3, -0.25) is 4.79 Å². The first kappa shape index (κ1) is 15.2. The molecule has 0 aliphatic rings. The zero-order valence-corrected chi connectivity index (χ0v) is 12.2. The fourth-order valence-corrected chi connectivity index (χ4v) is 2.04. The van der Waals surface area contributed by atoms with E-state index in [1.165, 1.54) is 6.33 Å². The Hall–Kier alpha value is -2.21. The van der Waals surface area contributed by atoms with Gasteiger partial charge in [0.2, 0.25) is 5.91 Å². The van der Waals surface area contributed by atoms with Crippen LogP contribution in [-0.2, 0) is 11.3 Å². The summed E-state index contributed by atoms with van der Waals surface area (Å²) in [6.45, 7) is 2.70. The number of aromatic nitrogens is 3. The van der Waals surface area contributed by atoms with E-state index in [4.69, 9.17) is 5.73 Å². The van der Waals surface area contributed by atoms with Crippen molar-refractivity contribution >= 4 is 11.6 Å². The monoisotopic (exact) mass is 287 g/mol. The minimum Gasteiger partial charge on any atom is -0.325 e. The number of unbranched alkanes of at least 4 members (excludes halogenated alkanes) is 1.